The quantitative estimate of drug-likeness (QED) is 0.534. The lowest BCUT2D eigenvalue weighted by atomic mass is 9.90. The van der Waals surface area contributed by atoms with Crippen molar-refractivity contribution in [2.75, 3.05) is 6.61 Å². The van der Waals surface area contributed by atoms with Crippen LogP contribution < -0.4 is 0 Å². The maximum absolute atomic E-state index is 12.7. The highest BCUT2D eigenvalue weighted by Gasteiger charge is 2.33. The van der Waals surface area contributed by atoms with Crippen molar-refractivity contribution in [3.8, 4) is 0 Å². The van der Waals surface area contributed by atoms with E-state index in [-0.39, 0.29) is 16.9 Å². The van der Waals surface area contributed by atoms with Crippen molar-refractivity contribution >= 4 is 17.7 Å². The van der Waals surface area contributed by atoms with Crippen LogP contribution in [0.15, 0.2) is 18.2 Å². The number of rotatable bonds is 9. The first-order valence-electron chi connectivity index (χ1n) is 7.56. The summed E-state index contributed by atoms with van der Waals surface area (Å²) in [5.74, 6) is -3.09. The summed E-state index contributed by atoms with van der Waals surface area (Å²) >= 11 is 0. The Balaban J connectivity index is 3.18. The molecule has 1 unspecified atom stereocenters. The molecule has 0 aliphatic rings. The summed E-state index contributed by atoms with van der Waals surface area (Å²) in [6.45, 7) is 5.92. The molecule has 6 heteroatoms. The Hall–Kier alpha value is -2.21. The van der Waals surface area contributed by atoms with E-state index in [1.54, 1.807) is 6.92 Å². The molecule has 0 saturated carbocycles. The Bertz CT molecular complexity index is 607. The molecule has 0 radical (unpaired) electrons. The van der Waals surface area contributed by atoms with E-state index >= 15 is 0 Å². The number of unbranched alkanes of at least 4 members (excludes halogenated alkanes) is 1. The summed E-state index contributed by atoms with van der Waals surface area (Å²) in [7, 11) is 0. The second kappa shape index (κ2) is 7.87. The minimum absolute atomic E-state index is 0.133. The van der Waals surface area contributed by atoms with Gasteiger partial charge in [-0.15, -0.1) is 0 Å². The Labute approximate surface area is 135 Å². The van der Waals surface area contributed by atoms with Crippen LogP contribution in [-0.4, -0.2) is 40.1 Å². The van der Waals surface area contributed by atoms with Crippen molar-refractivity contribution in [2.24, 2.45) is 0 Å². The van der Waals surface area contributed by atoms with Crippen LogP contribution in [0, 0.1) is 0 Å². The van der Waals surface area contributed by atoms with Gasteiger partial charge in [0, 0.05) is 12.2 Å². The summed E-state index contributed by atoms with van der Waals surface area (Å²) < 4.78 is 5.70. The van der Waals surface area contributed by atoms with Crippen LogP contribution in [0.2, 0.25) is 0 Å². The molecule has 0 amide bonds. The van der Waals surface area contributed by atoms with Gasteiger partial charge in [-0.3, -0.25) is 4.79 Å². The fourth-order valence-electron chi connectivity index (χ4n) is 2.12. The van der Waals surface area contributed by atoms with Gasteiger partial charge in [-0.2, -0.15) is 0 Å². The van der Waals surface area contributed by atoms with Crippen molar-refractivity contribution in [1.82, 2.24) is 0 Å². The molecule has 2 N–H and O–H groups in total. The van der Waals surface area contributed by atoms with Gasteiger partial charge in [-0.25, -0.2) is 9.59 Å². The first kappa shape index (κ1) is 18.8. The Morgan fingerprint density at radius 2 is 1.70 bits per heavy atom. The number of Topliss-reactive ketones (excluding diaryl/α,β-unsaturated/α-hetero) is 1. The van der Waals surface area contributed by atoms with Crippen LogP contribution in [0.4, 0.5) is 0 Å². The highest BCUT2D eigenvalue weighted by Crippen LogP contribution is 2.24. The number of ketones is 1. The lowest BCUT2D eigenvalue weighted by Gasteiger charge is -2.27. The highest BCUT2D eigenvalue weighted by molar-refractivity contribution is 6.07. The smallest absolute Gasteiger partial charge is 0.336 e. The standard InChI is InChI=1S/C17H22O6/c1-4-6-9-23-17(3,5-2)14(18)11-7-8-12(15(19)20)13(10-11)16(21)22/h7-8,10H,4-6,9H2,1-3H3,(H,19,20)(H,21,22). The predicted molar refractivity (Wildman–Crippen MR) is 84.2 cm³/mol. The molecule has 1 aromatic carbocycles. The van der Waals surface area contributed by atoms with Gasteiger partial charge in [-0.1, -0.05) is 26.3 Å². The van der Waals surface area contributed by atoms with Crippen LogP contribution in [0.3, 0.4) is 0 Å². The van der Waals surface area contributed by atoms with Gasteiger partial charge in [0.15, 0.2) is 5.78 Å². The molecule has 126 valence electrons. The molecule has 0 heterocycles. The van der Waals surface area contributed by atoms with Crippen LogP contribution in [0.25, 0.3) is 0 Å². The normalized spacial score (nSPS) is 13.3. The van der Waals surface area contributed by atoms with E-state index in [4.69, 9.17) is 14.9 Å². The number of carbonyl (C=O) groups is 3. The average Bonchev–Trinajstić information content (AvgIpc) is 2.53. The van der Waals surface area contributed by atoms with Gasteiger partial charge in [-0.05, 0) is 31.9 Å². The first-order valence-corrected chi connectivity index (χ1v) is 7.56. The van der Waals surface area contributed by atoms with Crippen LogP contribution in [0.5, 0.6) is 0 Å². The van der Waals surface area contributed by atoms with Gasteiger partial charge in [0.2, 0.25) is 0 Å². The van der Waals surface area contributed by atoms with Gasteiger partial charge in [0.05, 0.1) is 11.1 Å². The SMILES string of the molecule is CCCCOC(C)(CC)C(=O)c1ccc(C(=O)O)c(C(=O)O)c1. The van der Waals surface area contributed by atoms with Gasteiger partial charge in [0.25, 0.3) is 0 Å². The van der Waals surface area contributed by atoms with Crippen molar-refractivity contribution in [3.63, 3.8) is 0 Å². The van der Waals surface area contributed by atoms with E-state index in [1.807, 2.05) is 13.8 Å². The number of benzene rings is 1. The number of hydrogen-bond donors (Lipinski definition) is 2. The zero-order valence-electron chi connectivity index (χ0n) is 13.6. The Morgan fingerprint density at radius 3 is 2.17 bits per heavy atom. The van der Waals surface area contributed by atoms with E-state index in [0.29, 0.717) is 13.0 Å². The fraction of sp³-hybridized carbons (Fsp3) is 0.471. The lowest BCUT2D eigenvalue weighted by Crippen LogP contribution is -2.38. The lowest BCUT2D eigenvalue weighted by molar-refractivity contribution is -0.0182. The summed E-state index contributed by atoms with van der Waals surface area (Å²) in [4.78, 5) is 35.0. The second-order valence-corrected chi connectivity index (χ2v) is 5.49. The van der Waals surface area contributed by atoms with Crippen LogP contribution in [0.1, 0.15) is 71.1 Å². The number of ether oxygens (including phenoxy) is 1. The third-order valence-corrected chi connectivity index (χ3v) is 3.82. The number of carbonyl (C=O) groups excluding carboxylic acids is 1. The highest BCUT2D eigenvalue weighted by atomic mass is 16.5. The maximum atomic E-state index is 12.7. The molecule has 1 rings (SSSR count). The Kier molecular flexibility index (Phi) is 6.45. The van der Waals surface area contributed by atoms with Crippen LogP contribution in [-0.2, 0) is 4.74 Å². The molecular formula is C17H22O6. The molecule has 6 nitrogen and oxygen atoms in total. The van der Waals surface area contributed by atoms with Gasteiger partial charge < -0.3 is 14.9 Å². The van der Waals surface area contributed by atoms with Crippen molar-refractivity contribution in [3.05, 3.63) is 34.9 Å². The largest absolute Gasteiger partial charge is 0.478 e. The number of aromatic carboxylic acids is 2. The molecule has 1 atom stereocenters. The van der Waals surface area contributed by atoms with E-state index in [0.717, 1.165) is 25.0 Å². The molecule has 0 saturated heterocycles. The van der Waals surface area contributed by atoms with Gasteiger partial charge >= 0.3 is 11.9 Å². The third kappa shape index (κ3) is 4.39. The topological polar surface area (TPSA) is 101 Å². The van der Waals surface area contributed by atoms with E-state index < -0.39 is 23.1 Å². The molecule has 0 bridgehead atoms. The molecule has 0 aromatic heterocycles. The van der Waals surface area contributed by atoms with Crippen molar-refractivity contribution in [2.45, 2.75) is 45.6 Å². The maximum Gasteiger partial charge on any atom is 0.336 e. The fourth-order valence-corrected chi connectivity index (χ4v) is 2.12. The monoisotopic (exact) mass is 322 g/mol. The summed E-state index contributed by atoms with van der Waals surface area (Å²) in [5.41, 5.74) is -1.68. The van der Waals surface area contributed by atoms with Crippen molar-refractivity contribution in [1.29, 1.82) is 0 Å². The Morgan fingerprint density at radius 1 is 1.09 bits per heavy atom. The molecule has 0 spiro atoms. The first-order chi connectivity index (χ1) is 10.8. The second-order valence-electron chi connectivity index (χ2n) is 5.49. The zero-order valence-corrected chi connectivity index (χ0v) is 13.6. The minimum atomic E-state index is -1.39. The summed E-state index contributed by atoms with van der Waals surface area (Å²) in [6.07, 6.45) is 2.18. The number of carboxylic acids is 2. The van der Waals surface area contributed by atoms with E-state index in [1.165, 1.54) is 6.07 Å². The van der Waals surface area contributed by atoms with Crippen LogP contribution >= 0.6 is 0 Å². The molecular weight excluding hydrogens is 300 g/mol. The number of hydrogen-bond acceptors (Lipinski definition) is 4. The zero-order chi connectivity index (χ0) is 17.6. The third-order valence-electron chi connectivity index (χ3n) is 3.82. The minimum Gasteiger partial charge on any atom is -0.478 e. The van der Waals surface area contributed by atoms with Gasteiger partial charge in [0.1, 0.15) is 5.60 Å². The summed E-state index contributed by atoms with van der Waals surface area (Å²) in [5, 5.41) is 18.2. The number of carboxylic acid groups (broad SMARTS) is 2. The molecule has 1 aromatic rings. The average molecular weight is 322 g/mol. The summed E-state index contributed by atoms with van der Waals surface area (Å²) in [6, 6.07) is 3.57. The molecule has 0 aliphatic heterocycles. The molecule has 0 fully saturated rings. The van der Waals surface area contributed by atoms with Crippen molar-refractivity contribution < 1.29 is 29.3 Å². The predicted octanol–water partition coefficient (Wildman–Crippen LogP) is 3.25. The van der Waals surface area contributed by atoms with E-state index in [9.17, 15) is 14.4 Å². The molecule has 23 heavy (non-hydrogen) atoms. The molecule has 0 aliphatic carbocycles. The van der Waals surface area contributed by atoms with E-state index in [2.05, 4.69) is 0 Å².